The van der Waals surface area contributed by atoms with Gasteiger partial charge in [0.2, 0.25) is 0 Å². The van der Waals surface area contributed by atoms with Crippen LogP contribution >= 0.6 is 15.9 Å². The van der Waals surface area contributed by atoms with Crippen molar-refractivity contribution in [2.75, 3.05) is 41.1 Å². The predicted octanol–water partition coefficient (Wildman–Crippen LogP) is 6.53. The van der Waals surface area contributed by atoms with Gasteiger partial charge in [0.1, 0.15) is 5.54 Å². The van der Waals surface area contributed by atoms with Gasteiger partial charge in [0.25, 0.3) is 11.8 Å². The van der Waals surface area contributed by atoms with Gasteiger partial charge in [-0.15, -0.1) is 5.10 Å². The highest BCUT2D eigenvalue weighted by Crippen LogP contribution is 2.60. The second kappa shape index (κ2) is 16.0. The summed E-state index contributed by atoms with van der Waals surface area (Å²) in [6.45, 7) is 8.54. The molecule has 12 nitrogen and oxygen atoms in total. The number of halogens is 1. The molecule has 4 aromatic carbocycles. The van der Waals surface area contributed by atoms with E-state index in [0.717, 1.165) is 64.2 Å². The largest absolute Gasteiger partial charge is 0.432 e. The maximum Gasteiger partial charge on any atom is 0.264 e. The van der Waals surface area contributed by atoms with Crippen LogP contribution in [-0.4, -0.2) is 83.0 Å². The lowest BCUT2D eigenvalue weighted by atomic mass is 9.82. The molecule has 312 valence electrons. The maximum absolute atomic E-state index is 15.2. The number of carbonyl (C=O) groups excluding carboxylic acids is 2. The number of hydrogen-bond donors (Lipinski definition) is 3. The molecule has 1 aromatic heterocycles. The van der Waals surface area contributed by atoms with Gasteiger partial charge in [0, 0.05) is 45.6 Å². The lowest BCUT2D eigenvalue weighted by molar-refractivity contribution is -0.146. The van der Waals surface area contributed by atoms with Crippen LogP contribution in [0.5, 0.6) is 0 Å². The summed E-state index contributed by atoms with van der Waals surface area (Å²) in [5, 5.41) is 22.5. The summed E-state index contributed by atoms with van der Waals surface area (Å²) in [5.41, 5.74) is 3.72. The van der Waals surface area contributed by atoms with Gasteiger partial charge in [0.05, 0.1) is 43.2 Å². The minimum absolute atomic E-state index is 0.0966. The first-order valence-electron chi connectivity index (χ1n) is 21.0. The molecule has 3 fully saturated rings. The van der Waals surface area contributed by atoms with E-state index in [-0.39, 0.29) is 42.3 Å². The van der Waals surface area contributed by atoms with Crippen LogP contribution in [0.25, 0.3) is 0 Å². The van der Waals surface area contributed by atoms with E-state index in [2.05, 4.69) is 55.5 Å². The Kier molecular flexibility index (Phi) is 10.8. The number of aryl methyl sites for hydroxylation is 1. The lowest BCUT2D eigenvalue weighted by Gasteiger charge is -2.39. The number of aliphatic hydroxyl groups excluding tert-OH is 1. The molecule has 3 N–H and O–H groups in total. The summed E-state index contributed by atoms with van der Waals surface area (Å²) in [5.74, 6) is -0.686. The summed E-state index contributed by atoms with van der Waals surface area (Å²) in [7, 11) is -2.91. The Balaban J connectivity index is 0.991. The molecule has 5 aromatic rings. The van der Waals surface area contributed by atoms with Crippen molar-refractivity contribution < 1.29 is 24.2 Å². The molecule has 3 saturated heterocycles. The summed E-state index contributed by atoms with van der Waals surface area (Å²) in [4.78, 5) is 47.6. The van der Waals surface area contributed by atoms with Crippen LogP contribution in [0, 0.1) is 5.92 Å². The van der Waals surface area contributed by atoms with Gasteiger partial charge < -0.3 is 29.8 Å². The van der Waals surface area contributed by atoms with Crippen molar-refractivity contribution in [1.82, 2.24) is 20.3 Å². The molecule has 0 aliphatic carbocycles. The first-order chi connectivity index (χ1) is 28.9. The summed E-state index contributed by atoms with van der Waals surface area (Å²) in [6, 6.07) is 33.9. The number of rotatable bonds is 11. The van der Waals surface area contributed by atoms with E-state index < -0.39 is 25.6 Å². The van der Waals surface area contributed by atoms with Crippen molar-refractivity contribution in [3.63, 3.8) is 0 Å². The number of fused-ring (bicyclic) bond motifs is 2. The molecule has 0 saturated carbocycles. The third kappa shape index (κ3) is 6.90. The molecule has 4 aliphatic rings. The highest BCUT2D eigenvalue weighted by atomic mass is 79.9. The van der Waals surface area contributed by atoms with E-state index in [1.165, 1.54) is 0 Å². The minimum atomic E-state index is -2.91. The molecule has 1 unspecified atom stereocenters. The highest BCUT2D eigenvalue weighted by molar-refractivity contribution is 9.10. The number of benzene rings is 4. The number of nitrogens with one attached hydrogen (secondary N) is 1. The Hall–Kier alpha value is -4.70. The molecule has 9 rings (SSSR count). The van der Waals surface area contributed by atoms with E-state index in [9.17, 15) is 14.7 Å². The zero-order chi connectivity index (χ0) is 41.8. The van der Waals surface area contributed by atoms with Gasteiger partial charge in [0.15, 0.2) is 13.9 Å². The van der Waals surface area contributed by atoms with E-state index >= 15 is 4.79 Å². The van der Waals surface area contributed by atoms with Crippen LogP contribution in [0.4, 0.5) is 17.1 Å². The van der Waals surface area contributed by atoms with Gasteiger partial charge in [-0.2, -0.15) is 0 Å². The van der Waals surface area contributed by atoms with Crippen LogP contribution in [0.15, 0.2) is 114 Å². The Bertz CT molecular complexity index is 2370. The number of anilines is 3. The van der Waals surface area contributed by atoms with E-state index in [4.69, 9.17) is 4.74 Å². The van der Waals surface area contributed by atoms with Crippen LogP contribution in [0.2, 0.25) is 18.6 Å². The number of aliphatic hydroxyl groups is 1. The molecular formula is C46H52BrN7O5Si. The lowest BCUT2D eigenvalue weighted by Crippen LogP contribution is -2.55. The van der Waals surface area contributed by atoms with Crippen LogP contribution in [0.3, 0.4) is 0 Å². The molecule has 2 spiro atoms. The van der Waals surface area contributed by atoms with Gasteiger partial charge >= 0.3 is 0 Å². The fraction of sp³-hybridized carbons (Fsp3) is 0.391. The van der Waals surface area contributed by atoms with Gasteiger partial charge in [-0.1, -0.05) is 88.7 Å². The second-order valence-corrected chi connectivity index (χ2v) is 22.2. The Morgan fingerprint density at radius 1 is 0.933 bits per heavy atom. The molecule has 60 heavy (non-hydrogen) atoms. The molecular weight excluding hydrogens is 839 g/mol. The Labute approximate surface area is 360 Å². The second-order valence-electron chi connectivity index (χ2n) is 17.3. The van der Waals surface area contributed by atoms with Gasteiger partial charge in [-0.25, -0.2) is 0 Å². The summed E-state index contributed by atoms with van der Waals surface area (Å²) in [6.07, 6.45) is 3.38. The van der Waals surface area contributed by atoms with Crippen molar-refractivity contribution in [3.8, 4) is 0 Å². The predicted molar refractivity (Wildman–Crippen MR) is 237 cm³/mol. The first-order valence-corrected chi connectivity index (χ1v) is 24.8. The van der Waals surface area contributed by atoms with Crippen molar-refractivity contribution in [1.29, 1.82) is 0 Å². The van der Waals surface area contributed by atoms with Crippen molar-refractivity contribution in [2.24, 2.45) is 5.92 Å². The minimum Gasteiger partial charge on any atom is -0.432 e. The van der Waals surface area contributed by atoms with Crippen LogP contribution < -0.4 is 20.0 Å². The standard InChI is InChI=1S/C46H52BrN7O5Si/c1-31-42(60(2,3)58)41(19-24-51-28-39(49-50-51)37(29-55)33-12-6-4-7-13-33)59-46(31)38-26-34(47)17-18-40(38)52(44(46)57)27-32-11-10-16-36(25-32)53-30-54(35-14-8-5-9-15-35)45(43(53)56)20-22-48-23-21-45/h4-18,25-26,28,31,37,41-42,48,55,58H,19-24,27,29-30H2,1-3H3/t31-,37?,41+,42-,46+/m0/s1. The smallest absolute Gasteiger partial charge is 0.264 e. The van der Waals surface area contributed by atoms with Gasteiger partial charge in [-0.3, -0.25) is 19.2 Å². The normalized spacial score (nSPS) is 24.2. The van der Waals surface area contributed by atoms with Crippen molar-refractivity contribution in [3.05, 3.63) is 136 Å². The summed E-state index contributed by atoms with van der Waals surface area (Å²) < 4.78 is 9.72. The third-order valence-electron chi connectivity index (χ3n) is 13.4. The fourth-order valence-electron chi connectivity index (χ4n) is 10.5. The third-order valence-corrected chi connectivity index (χ3v) is 16.4. The topological polar surface area (TPSA) is 136 Å². The number of carbonyl (C=O) groups is 2. The quantitative estimate of drug-likeness (QED) is 0.127. The van der Waals surface area contributed by atoms with Crippen molar-refractivity contribution >= 4 is 53.1 Å². The van der Waals surface area contributed by atoms with E-state index in [1.807, 2.05) is 120 Å². The molecule has 14 heteroatoms. The first kappa shape index (κ1) is 40.7. The fourth-order valence-corrected chi connectivity index (χ4v) is 13.5. The molecule has 2 amide bonds. The van der Waals surface area contributed by atoms with Gasteiger partial charge in [-0.05, 0) is 99.0 Å². The average Bonchev–Trinajstić information content (AvgIpc) is 3.97. The number of ether oxygens (including phenoxy) is 1. The van der Waals surface area contributed by atoms with Crippen LogP contribution in [-0.2, 0) is 33.0 Å². The number of nitrogens with zero attached hydrogens (tertiary/aromatic N) is 6. The average molecular weight is 891 g/mol. The molecule has 0 radical (unpaired) electrons. The van der Waals surface area contributed by atoms with E-state index in [1.54, 1.807) is 4.68 Å². The zero-order valence-electron chi connectivity index (χ0n) is 34.2. The monoisotopic (exact) mass is 889 g/mol. The SMILES string of the molecule is C[C@H]1[C@H]([Si](C)(C)O)[C@@H](CCn2cc(C(CO)c3ccccc3)nn2)O[C@]12C(=O)N(Cc1cccc(N3CN(c4ccccc4)C4(CCNCC4)C3=O)c1)c1ccc(Br)cc12. The molecule has 0 bridgehead atoms. The number of hydrogen-bond acceptors (Lipinski definition) is 9. The zero-order valence-corrected chi connectivity index (χ0v) is 36.8. The number of piperidine rings is 1. The number of amides is 2. The summed E-state index contributed by atoms with van der Waals surface area (Å²) >= 11 is 3.69. The highest BCUT2D eigenvalue weighted by Gasteiger charge is 2.66. The van der Waals surface area contributed by atoms with Crippen LogP contribution in [0.1, 0.15) is 54.5 Å². The van der Waals surface area contributed by atoms with E-state index in [0.29, 0.717) is 25.3 Å². The Morgan fingerprint density at radius 2 is 1.65 bits per heavy atom. The maximum atomic E-state index is 15.2. The molecule has 5 atom stereocenters. The molecule has 5 heterocycles. The number of aromatic nitrogens is 3. The molecule has 4 aliphatic heterocycles. The number of para-hydroxylation sites is 1. The van der Waals surface area contributed by atoms with Crippen molar-refractivity contribution in [2.45, 2.75) is 81.1 Å². The Morgan fingerprint density at radius 3 is 2.37 bits per heavy atom.